The van der Waals surface area contributed by atoms with Crippen LogP contribution in [0.5, 0.6) is 0 Å². The maximum atomic E-state index is 6.04. The predicted molar refractivity (Wildman–Crippen MR) is 124 cm³/mol. The summed E-state index contributed by atoms with van der Waals surface area (Å²) in [5, 5.41) is 1.08. The largest absolute Gasteiger partial charge is 0.353 e. The van der Waals surface area contributed by atoms with E-state index >= 15 is 0 Å². The van der Waals surface area contributed by atoms with Gasteiger partial charge in [0.1, 0.15) is 0 Å². The van der Waals surface area contributed by atoms with Gasteiger partial charge in [-0.2, -0.15) is 0 Å². The highest BCUT2D eigenvalue weighted by Crippen LogP contribution is 2.13. The molecule has 0 atom stereocenters. The Morgan fingerprint density at radius 1 is 0.630 bits per heavy atom. The topological polar surface area (TPSA) is 18.5 Å². The van der Waals surface area contributed by atoms with Gasteiger partial charge in [-0.1, -0.05) is 99.7 Å². The molecular formula is C24H47BrO2. The molecule has 0 N–H and O–H groups in total. The molecule has 0 aliphatic rings. The Labute approximate surface area is 179 Å². The van der Waals surface area contributed by atoms with E-state index in [4.69, 9.17) is 9.47 Å². The molecule has 162 valence electrons. The monoisotopic (exact) mass is 446 g/mol. The highest BCUT2D eigenvalue weighted by Gasteiger charge is 2.09. The van der Waals surface area contributed by atoms with Crippen molar-refractivity contribution in [3.63, 3.8) is 0 Å². The first-order valence-corrected chi connectivity index (χ1v) is 12.9. The molecule has 0 aromatic heterocycles. The lowest BCUT2D eigenvalue weighted by molar-refractivity contribution is -0.148. The van der Waals surface area contributed by atoms with Crippen LogP contribution in [0.4, 0.5) is 0 Å². The van der Waals surface area contributed by atoms with E-state index in [0.29, 0.717) is 0 Å². The molecule has 0 heterocycles. The van der Waals surface area contributed by atoms with Gasteiger partial charge >= 0.3 is 0 Å². The molecule has 0 saturated carbocycles. The maximum Gasteiger partial charge on any atom is 0.157 e. The van der Waals surface area contributed by atoms with Gasteiger partial charge in [-0.05, 0) is 44.9 Å². The molecular weight excluding hydrogens is 400 g/mol. The van der Waals surface area contributed by atoms with Crippen LogP contribution in [0.3, 0.4) is 0 Å². The van der Waals surface area contributed by atoms with Gasteiger partial charge in [-0.25, -0.2) is 0 Å². The van der Waals surface area contributed by atoms with Gasteiger partial charge in [-0.15, -0.1) is 0 Å². The predicted octanol–water partition coefficient (Wildman–Crippen LogP) is 8.58. The summed E-state index contributed by atoms with van der Waals surface area (Å²) in [5.74, 6) is 0. The maximum absolute atomic E-state index is 6.04. The summed E-state index contributed by atoms with van der Waals surface area (Å²) in [6.07, 6.45) is 24.7. The fourth-order valence-electron chi connectivity index (χ4n) is 3.10. The molecule has 0 aliphatic heterocycles. The summed E-state index contributed by atoms with van der Waals surface area (Å²) < 4.78 is 12.1. The fourth-order valence-corrected chi connectivity index (χ4v) is 3.37. The number of rotatable bonds is 22. The zero-order valence-corrected chi connectivity index (χ0v) is 19.9. The molecule has 0 amide bonds. The number of ether oxygens (including phenoxy) is 2. The third kappa shape index (κ3) is 22.3. The summed E-state index contributed by atoms with van der Waals surface area (Å²) in [4.78, 5) is 0. The van der Waals surface area contributed by atoms with Gasteiger partial charge < -0.3 is 9.47 Å². The summed E-state index contributed by atoms with van der Waals surface area (Å²) in [5.41, 5.74) is 0. The number of unbranched alkanes of at least 4 members (excludes halogenated alkanes) is 11. The van der Waals surface area contributed by atoms with Gasteiger partial charge in [-0.3, -0.25) is 0 Å². The highest BCUT2D eigenvalue weighted by atomic mass is 79.9. The Kier molecular flexibility index (Phi) is 24.3. The molecule has 0 bridgehead atoms. The van der Waals surface area contributed by atoms with E-state index in [1.54, 1.807) is 0 Å². The van der Waals surface area contributed by atoms with Crippen molar-refractivity contribution in [1.82, 2.24) is 0 Å². The van der Waals surface area contributed by atoms with Crippen molar-refractivity contribution >= 4 is 15.9 Å². The van der Waals surface area contributed by atoms with Crippen molar-refractivity contribution < 1.29 is 9.47 Å². The van der Waals surface area contributed by atoms with Crippen molar-refractivity contribution in [2.45, 2.75) is 123 Å². The first-order valence-electron chi connectivity index (χ1n) is 11.8. The number of hydrogen-bond donors (Lipinski definition) is 0. The number of halogens is 1. The Balaban J connectivity index is 3.73. The standard InChI is InChI=1S/C24H47BrO2/c1-3-5-7-18-22-26-24(27-23-19-8-6-4-2)20-16-14-12-10-9-11-13-15-17-21-25/h13,15,24H,3-12,14,16-23H2,1-2H3/b15-13-. The Hall–Kier alpha value is 0.140. The minimum Gasteiger partial charge on any atom is -0.353 e. The SMILES string of the molecule is CCCCCCOC(CCCCCCC/C=C\CCBr)OCCCCCC. The van der Waals surface area contributed by atoms with Crippen molar-refractivity contribution in [2.24, 2.45) is 0 Å². The summed E-state index contributed by atoms with van der Waals surface area (Å²) in [6, 6.07) is 0. The highest BCUT2D eigenvalue weighted by molar-refractivity contribution is 9.09. The van der Waals surface area contributed by atoms with Crippen LogP contribution in [0, 0.1) is 0 Å². The third-order valence-electron chi connectivity index (χ3n) is 4.86. The van der Waals surface area contributed by atoms with E-state index < -0.39 is 0 Å². The van der Waals surface area contributed by atoms with Gasteiger partial charge in [0.05, 0.1) is 0 Å². The fraction of sp³-hybridized carbons (Fsp3) is 0.917. The van der Waals surface area contributed by atoms with Crippen LogP contribution in [0.1, 0.15) is 117 Å². The van der Waals surface area contributed by atoms with Crippen LogP contribution in [0.2, 0.25) is 0 Å². The zero-order chi connectivity index (χ0) is 19.8. The molecule has 0 aromatic carbocycles. The molecule has 0 spiro atoms. The first kappa shape index (κ1) is 27.1. The van der Waals surface area contributed by atoms with Crippen LogP contribution < -0.4 is 0 Å². The van der Waals surface area contributed by atoms with Crippen molar-refractivity contribution in [1.29, 1.82) is 0 Å². The minimum atomic E-state index is 0.0282. The Morgan fingerprint density at radius 3 is 1.74 bits per heavy atom. The van der Waals surface area contributed by atoms with Gasteiger partial charge in [0.2, 0.25) is 0 Å². The van der Waals surface area contributed by atoms with Crippen molar-refractivity contribution in [2.75, 3.05) is 18.5 Å². The first-order chi connectivity index (χ1) is 13.3. The zero-order valence-electron chi connectivity index (χ0n) is 18.4. The minimum absolute atomic E-state index is 0.0282. The lowest BCUT2D eigenvalue weighted by atomic mass is 10.1. The lowest BCUT2D eigenvalue weighted by Gasteiger charge is -2.19. The summed E-state index contributed by atoms with van der Waals surface area (Å²) in [7, 11) is 0. The van der Waals surface area contributed by atoms with Crippen LogP contribution in [0.25, 0.3) is 0 Å². The molecule has 2 nitrogen and oxygen atoms in total. The molecule has 0 saturated heterocycles. The quantitative estimate of drug-likeness (QED) is 0.0716. The third-order valence-corrected chi connectivity index (χ3v) is 5.31. The van der Waals surface area contributed by atoms with Crippen molar-refractivity contribution in [3.05, 3.63) is 12.2 Å². The number of allylic oxidation sites excluding steroid dienone is 2. The van der Waals surface area contributed by atoms with Crippen LogP contribution in [0.15, 0.2) is 12.2 Å². The summed E-state index contributed by atoms with van der Waals surface area (Å²) >= 11 is 3.45. The van der Waals surface area contributed by atoms with E-state index in [0.717, 1.165) is 31.4 Å². The van der Waals surface area contributed by atoms with Crippen LogP contribution >= 0.6 is 15.9 Å². The molecule has 0 aromatic rings. The molecule has 0 unspecified atom stereocenters. The number of hydrogen-bond acceptors (Lipinski definition) is 2. The van der Waals surface area contributed by atoms with E-state index in [9.17, 15) is 0 Å². The average Bonchev–Trinajstić information content (AvgIpc) is 2.68. The molecule has 0 radical (unpaired) electrons. The van der Waals surface area contributed by atoms with E-state index in [-0.39, 0.29) is 6.29 Å². The Bertz CT molecular complexity index is 280. The smallest absolute Gasteiger partial charge is 0.157 e. The normalized spacial score (nSPS) is 11.9. The molecule has 27 heavy (non-hydrogen) atoms. The lowest BCUT2D eigenvalue weighted by Crippen LogP contribution is -2.19. The summed E-state index contributed by atoms with van der Waals surface area (Å²) in [6.45, 7) is 6.23. The molecule has 0 rings (SSSR count). The second-order valence-electron chi connectivity index (χ2n) is 7.59. The second kappa shape index (κ2) is 24.2. The van der Waals surface area contributed by atoms with E-state index in [1.807, 2.05) is 0 Å². The second-order valence-corrected chi connectivity index (χ2v) is 8.38. The average molecular weight is 448 g/mol. The van der Waals surface area contributed by atoms with Crippen molar-refractivity contribution in [3.8, 4) is 0 Å². The van der Waals surface area contributed by atoms with Gasteiger partial charge in [0.25, 0.3) is 0 Å². The molecule has 3 heteroatoms. The number of alkyl halides is 1. The van der Waals surface area contributed by atoms with E-state index in [1.165, 1.54) is 89.9 Å². The van der Waals surface area contributed by atoms with Crippen LogP contribution in [-0.4, -0.2) is 24.8 Å². The molecule has 0 fully saturated rings. The van der Waals surface area contributed by atoms with E-state index in [2.05, 4.69) is 41.9 Å². The Morgan fingerprint density at radius 2 is 1.15 bits per heavy atom. The van der Waals surface area contributed by atoms with Gasteiger partial charge in [0, 0.05) is 18.5 Å². The van der Waals surface area contributed by atoms with Crippen LogP contribution in [-0.2, 0) is 9.47 Å². The van der Waals surface area contributed by atoms with Gasteiger partial charge in [0.15, 0.2) is 6.29 Å². The molecule has 0 aliphatic carbocycles.